The molecule has 0 aromatic heterocycles. The molecular formula is C20H18BrCl2NO3. The molecule has 27 heavy (non-hydrogen) atoms. The summed E-state index contributed by atoms with van der Waals surface area (Å²) in [5.74, 6) is -0.946. The predicted molar refractivity (Wildman–Crippen MR) is 108 cm³/mol. The summed E-state index contributed by atoms with van der Waals surface area (Å²) in [5, 5.41) is 22.4. The smallest absolute Gasteiger partial charge is 0.233 e. The second-order valence-corrected chi connectivity index (χ2v) is 9.13. The summed E-state index contributed by atoms with van der Waals surface area (Å²) in [7, 11) is 0. The molecule has 4 nitrogen and oxygen atoms in total. The number of carbonyl (C=O) groups is 1. The molecule has 2 aliphatic rings. The maximum Gasteiger partial charge on any atom is 0.233 e. The Bertz CT molecular complexity index is 871. The fraction of sp³-hybridized carbons (Fsp3) is 0.350. The lowest BCUT2D eigenvalue weighted by atomic mass is 9.79. The molecule has 142 valence electrons. The first-order valence-corrected chi connectivity index (χ1v) is 10.2. The molecule has 4 unspecified atom stereocenters. The van der Waals surface area contributed by atoms with Crippen molar-refractivity contribution >= 4 is 45.0 Å². The summed E-state index contributed by atoms with van der Waals surface area (Å²) in [6.07, 6.45) is -0.821. The van der Waals surface area contributed by atoms with Crippen LogP contribution in [0.3, 0.4) is 0 Å². The molecule has 2 aliphatic heterocycles. The summed E-state index contributed by atoms with van der Waals surface area (Å²) in [4.78, 5) is 14.8. The van der Waals surface area contributed by atoms with Crippen LogP contribution >= 0.6 is 39.1 Å². The third-order valence-corrected chi connectivity index (χ3v) is 6.55. The molecule has 0 radical (unpaired) electrons. The van der Waals surface area contributed by atoms with Crippen LogP contribution in [0.2, 0.25) is 10.0 Å². The van der Waals surface area contributed by atoms with E-state index in [0.717, 1.165) is 10.0 Å². The van der Waals surface area contributed by atoms with Gasteiger partial charge in [-0.3, -0.25) is 4.79 Å². The largest absolute Gasteiger partial charge is 0.391 e. The first-order chi connectivity index (χ1) is 12.8. The van der Waals surface area contributed by atoms with Crippen molar-refractivity contribution in [2.75, 3.05) is 6.54 Å². The van der Waals surface area contributed by atoms with E-state index in [4.69, 9.17) is 23.2 Å². The minimum absolute atomic E-state index is 0.200. The lowest BCUT2D eigenvalue weighted by molar-refractivity contribution is -0.131. The van der Waals surface area contributed by atoms with Crippen LogP contribution in [0.15, 0.2) is 46.9 Å². The zero-order chi connectivity index (χ0) is 19.3. The van der Waals surface area contributed by atoms with Gasteiger partial charge in [0.15, 0.2) is 0 Å². The van der Waals surface area contributed by atoms with E-state index in [1.54, 1.807) is 23.1 Å². The maximum absolute atomic E-state index is 13.2. The number of β-amino-alcohol motifs (C(OH)–C–C–N with tert-alkyl or cyclic N) is 1. The van der Waals surface area contributed by atoms with Crippen LogP contribution in [0.5, 0.6) is 0 Å². The fourth-order valence-corrected chi connectivity index (χ4v) is 5.29. The molecule has 2 saturated heterocycles. The minimum atomic E-state index is -0.972. The third kappa shape index (κ3) is 3.30. The first kappa shape index (κ1) is 19.2. The Labute approximate surface area is 175 Å². The number of fused-ring (bicyclic) bond motifs is 1. The van der Waals surface area contributed by atoms with Gasteiger partial charge in [0.05, 0.1) is 23.7 Å². The van der Waals surface area contributed by atoms with Crippen molar-refractivity contribution in [3.63, 3.8) is 0 Å². The lowest BCUT2D eigenvalue weighted by Gasteiger charge is -2.35. The minimum Gasteiger partial charge on any atom is -0.391 e. The summed E-state index contributed by atoms with van der Waals surface area (Å²) in [6.45, 7) is 0.219. The average Bonchev–Trinajstić information content (AvgIpc) is 3.01. The van der Waals surface area contributed by atoms with Gasteiger partial charge in [-0.15, -0.1) is 0 Å². The van der Waals surface area contributed by atoms with Crippen molar-refractivity contribution in [2.45, 2.75) is 36.5 Å². The van der Waals surface area contributed by atoms with Crippen LogP contribution in [-0.4, -0.2) is 45.3 Å². The molecule has 0 bridgehead atoms. The van der Waals surface area contributed by atoms with E-state index < -0.39 is 23.7 Å². The standard InChI is InChI=1S/C20H18BrCl2NO3/c21-13-3-1-11(2-4-13)8-20-9-16(25)10-24(20)19(27)17(18(20)26)12-5-14(22)7-15(23)6-12/h1-7,16-18,25-26H,8-10H2. The summed E-state index contributed by atoms with van der Waals surface area (Å²) in [5.41, 5.74) is 0.752. The lowest BCUT2D eigenvalue weighted by Crippen LogP contribution is -2.49. The van der Waals surface area contributed by atoms with Crippen LogP contribution in [0.4, 0.5) is 0 Å². The van der Waals surface area contributed by atoms with Gasteiger partial charge in [-0.05, 0) is 47.9 Å². The van der Waals surface area contributed by atoms with Gasteiger partial charge in [-0.1, -0.05) is 51.3 Å². The number of rotatable bonds is 3. The van der Waals surface area contributed by atoms with Crippen molar-refractivity contribution in [3.8, 4) is 0 Å². The molecule has 7 heteroatoms. The Morgan fingerprint density at radius 3 is 2.37 bits per heavy atom. The maximum atomic E-state index is 13.2. The Kier molecular flexibility index (Phi) is 5.02. The number of nitrogens with zero attached hydrogens (tertiary/aromatic N) is 1. The third-order valence-electron chi connectivity index (χ3n) is 5.59. The highest BCUT2D eigenvalue weighted by Gasteiger charge is 2.62. The van der Waals surface area contributed by atoms with Gasteiger partial charge in [0.2, 0.25) is 5.91 Å². The van der Waals surface area contributed by atoms with Gasteiger partial charge >= 0.3 is 0 Å². The molecule has 1 amide bonds. The zero-order valence-corrected chi connectivity index (χ0v) is 17.4. The van der Waals surface area contributed by atoms with Crippen LogP contribution in [0.25, 0.3) is 0 Å². The first-order valence-electron chi connectivity index (χ1n) is 8.68. The van der Waals surface area contributed by atoms with Gasteiger partial charge in [0.25, 0.3) is 0 Å². The predicted octanol–water partition coefficient (Wildman–Crippen LogP) is 3.79. The molecule has 2 heterocycles. The van der Waals surface area contributed by atoms with Crippen LogP contribution < -0.4 is 0 Å². The Morgan fingerprint density at radius 2 is 1.74 bits per heavy atom. The Balaban J connectivity index is 1.74. The van der Waals surface area contributed by atoms with E-state index in [1.807, 2.05) is 24.3 Å². The highest BCUT2D eigenvalue weighted by atomic mass is 79.9. The quantitative estimate of drug-likeness (QED) is 0.717. The summed E-state index contributed by atoms with van der Waals surface area (Å²) >= 11 is 15.6. The number of amides is 1. The number of aliphatic hydroxyl groups excluding tert-OH is 2. The van der Waals surface area contributed by atoms with Crippen LogP contribution in [0.1, 0.15) is 23.5 Å². The van der Waals surface area contributed by atoms with E-state index >= 15 is 0 Å². The molecular weight excluding hydrogens is 453 g/mol. The van der Waals surface area contributed by atoms with Crippen molar-refractivity contribution in [1.82, 2.24) is 4.90 Å². The van der Waals surface area contributed by atoms with Crippen molar-refractivity contribution < 1.29 is 15.0 Å². The molecule has 2 aromatic rings. The molecule has 4 rings (SSSR count). The Hall–Kier alpha value is -1.11. The average molecular weight is 471 g/mol. The van der Waals surface area contributed by atoms with Crippen LogP contribution in [-0.2, 0) is 11.2 Å². The van der Waals surface area contributed by atoms with E-state index in [9.17, 15) is 15.0 Å². The highest BCUT2D eigenvalue weighted by Crippen LogP contribution is 2.48. The van der Waals surface area contributed by atoms with E-state index in [0.29, 0.717) is 28.5 Å². The fourth-order valence-electron chi connectivity index (χ4n) is 4.49. The van der Waals surface area contributed by atoms with Gasteiger partial charge in [-0.2, -0.15) is 0 Å². The van der Waals surface area contributed by atoms with Crippen molar-refractivity contribution in [3.05, 3.63) is 68.1 Å². The zero-order valence-electron chi connectivity index (χ0n) is 14.3. The number of carbonyl (C=O) groups excluding carboxylic acids is 1. The number of aliphatic hydroxyl groups is 2. The van der Waals surface area contributed by atoms with Crippen molar-refractivity contribution in [2.24, 2.45) is 0 Å². The normalized spacial score (nSPS) is 30.0. The highest BCUT2D eigenvalue weighted by molar-refractivity contribution is 9.10. The Morgan fingerprint density at radius 1 is 1.11 bits per heavy atom. The van der Waals surface area contributed by atoms with Crippen LogP contribution in [0, 0.1) is 0 Å². The SMILES string of the molecule is O=C1C(c2cc(Cl)cc(Cl)c2)C(O)C2(Cc3ccc(Br)cc3)CC(O)CN12. The van der Waals surface area contributed by atoms with Gasteiger partial charge in [-0.25, -0.2) is 0 Å². The van der Waals surface area contributed by atoms with Gasteiger partial charge in [0.1, 0.15) is 0 Å². The van der Waals surface area contributed by atoms with Gasteiger partial charge < -0.3 is 15.1 Å². The van der Waals surface area contributed by atoms with E-state index in [1.165, 1.54) is 0 Å². The number of hydrogen-bond donors (Lipinski definition) is 2. The second-order valence-electron chi connectivity index (χ2n) is 7.34. The molecule has 4 atom stereocenters. The monoisotopic (exact) mass is 469 g/mol. The number of hydrogen-bond acceptors (Lipinski definition) is 3. The summed E-state index contributed by atoms with van der Waals surface area (Å²) in [6, 6.07) is 12.7. The molecule has 0 spiro atoms. The van der Waals surface area contributed by atoms with E-state index in [-0.39, 0.29) is 12.5 Å². The van der Waals surface area contributed by atoms with Gasteiger partial charge in [0, 0.05) is 27.5 Å². The second kappa shape index (κ2) is 7.05. The molecule has 0 aliphatic carbocycles. The molecule has 2 aromatic carbocycles. The molecule has 2 fully saturated rings. The summed E-state index contributed by atoms with van der Waals surface area (Å²) < 4.78 is 0.960. The number of halogens is 3. The number of benzene rings is 2. The molecule has 0 saturated carbocycles. The van der Waals surface area contributed by atoms with Crippen molar-refractivity contribution in [1.29, 1.82) is 0 Å². The topological polar surface area (TPSA) is 60.8 Å². The van der Waals surface area contributed by atoms with E-state index in [2.05, 4.69) is 15.9 Å². The molecule has 2 N–H and O–H groups in total.